The second-order valence-corrected chi connectivity index (χ2v) is 6.94. The van der Waals surface area contributed by atoms with Crippen LogP contribution < -0.4 is 10.2 Å². The highest BCUT2D eigenvalue weighted by molar-refractivity contribution is 5.93. The molecule has 0 atom stereocenters. The van der Waals surface area contributed by atoms with Crippen LogP contribution in [0.4, 0.5) is 19.0 Å². The number of amides is 1. The minimum Gasteiger partial charge on any atom is -0.354 e. The summed E-state index contributed by atoms with van der Waals surface area (Å²) in [7, 11) is 0. The van der Waals surface area contributed by atoms with E-state index in [1.54, 1.807) is 0 Å². The summed E-state index contributed by atoms with van der Waals surface area (Å²) in [6.07, 6.45) is -0.389. The van der Waals surface area contributed by atoms with Crippen molar-refractivity contribution < 1.29 is 18.0 Å². The van der Waals surface area contributed by atoms with Crippen LogP contribution in [0.1, 0.15) is 33.7 Å². The first kappa shape index (κ1) is 17.7. The van der Waals surface area contributed by atoms with E-state index in [9.17, 15) is 18.0 Å². The van der Waals surface area contributed by atoms with Gasteiger partial charge in [0, 0.05) is 31.7 Å². The maximum atomic E-state index is 12.5. The number of hydrogen-bond acceptors (Lipinski definition) is 5. The Hall–Kier alpha value is -2.71. The highest BCUT2D eigenvalue weighted by Crippen LogP contribution is 2.28. The second kappa shape index (κ2) is 6.79. The SMILES string of the molecule is O=C(NCC1CN(c2cc3c(nn2)CCC3)C1)c1ccc(C(F)(F)F)nc1. The number of hydrogen-bond donors (Lipinski definition) is 1. The van der Waals surface area contributed by atoms with Crippen LogP contribution in [0.5, 0.6) is 0 Å². The second-order valence-electron chi connectivity index (χ2n) is 6.94. The van der Waals surface area contributed by atoms with Gasteiger partial charge in [0.15, 0.2) is 5.82 Å². The van der Waals surface area contributed by atoms with Gasteiger partial charge in [-0.05, 0) is 43.0 Å². The molecule has 1 saturated heterocycles. The lowest BCUT2D eigenvalue weighted by Crippen LogP contribution is -2.52. The van der Waals surface area contributed by atoms with Crippen molar-refractivity contribution in [2.45, 2.75) is 25.4 Å². The van der Waals surface area contributed by atoms with Crippen molar-refractivity contribution in [2.24, 2.45) is 5.92 Å². The van der Waals surface area contributed by atoms with Crippen molar-refractivity contribution in [3.8, 4) is 0 Å². The monoisotopic (exact) mass is 377 g/mol. The van der Waals surface area contributed by atoms with Crippen molar-refractivity contribution in [1.82, 2.24) is 20.5 Å². The van der Waals surface area contributed by atoms with E-state index < -0.39 is 17.8 Å². The lowest BCUT2D eigenvalue weighted by molar-refractivity contribution is -0.141. The number of pyridine rings is 1. The molecular weight excluding hydrogens is 359 g/mol. The van der Waals surface area contributed by atoms with E-state index in [4.69, 9.17) is 0 Å². The summed E-state index contributed by atoms with van der Waals surface area (Å²) >= 11 is 0. The van der Waals surface area contributed by atoms with E-state index in [2.05, 4.69) is 31.5 Å². The molecular formula is C18H18F3N5O. The number of halogens is 3. The maximum Gasteiger partial charge on any atom is 0.433 e. The number of carbonyl (C=O) groups excluding carboxylic acids is 1. The van der Waals surface area contributed by atoms with Crippen LogP contribution in [-0.2, 0) is 19.0 Å². The van der Waals surface area contributed by atoms with Crippen LogP contribution in [0.15, 0.2) is 24.4 Å². The molecule has 4 rings (SSSR count). The van der Waals surface area contributed by atoms with E-state index >= 15 is 0 Å². The first-order valence-electron chi connectivity index (χ1n) is 8.82. The standard InChI is InChI=1S/C18H18F3N5O/c19-18(20,21)15-5-4-13(8-22-15)17(27)23-7-11-9-26(10-11)16-6-12-2-1-3-14(12)24-25-16/h4-6,8,11H,1-3,7,9-10H2,(H,23,27). The summed E-state index contributed by atoms with van der Waals surface area (Å²) in [6.45, 7) is 1.98. The summed E-state index contributed by atoms with van der Waals surface area (Å²) in [6, 6.07) is 4.04. The molecule has 0 spiro atoms. The largest absolute Gasteiger partial charge is 0.433 e. The van der Waals surface area contributed by atoms with Crippen LogP contribution in [0.25, 0.3) is 0 Å². The van der Waals surface area contributed by atoms with Gasteiger partial charge in [-0.1, -0.05) is 0 Å². The van der Waals surface area contributed by atoms with Gasteiger partial charge in [0.05, 0.1) is 11.3 Å². The Morgan fingerprint density at radius 3 is 2.74 bits per heavy atom. The fourth-order valence-corrected chi connectivity index (χ4v) is 3.39. The van der Waals surface area contributed by atoms with Gasteiger partial charge in [-0.15, -0.1) is 5.10 Å². The number of fused-ring (bicyclic) bond motifs is 1. The van der Waals surface area contributed by atoms with Crippen LogP contribution in [0.2, 0.25) is 0 Å². The highest BCUT2D eigenvalue weighted by Gasteiger charge is 2.32. The zero-order valence-corrected chi connectivity index (χ0v) is 14.5. The first-order chi connectivity index (χ1) is 12.9. The number of nitrogens with zero attached hydrogens (tertiary/aromatic N) is 4. The molecule has 1 aliphatic carbocycles. The van der Waals surface area contributed by atoms with Crippen LogP contribution in [0, 0.1) is 5.92 Å². The lowest BCUT2D eigenvalue weighted by atomic mass is 10.00. The molecule has 1 amide bonds. The average molecular weight is 377 g/mol. The van der Waals surface area contributed by atoms with Crippen molar-refractivity contribution in [3.05, 3.63) is 46.9 Å². The molecule has 2 aliphatic rings. The predicted molar refractivity (Wildman–Crippen MR) is 91.3 cm³/mol. The molecule has 142 valence electrons. The highest BCUT2D eigenvalue weighted by atomic mass is 19.4. The van der Waals surface area contributed by atoms with E-state index in [1.165, 1.54) is 5.56 Å². The number of nitrogens with one attached hydrogen (secondary N) is 1. The molecule has 2 aromatic heterocycles. The molecule has 1 aliphatic heterocycles. The van der Waals surface area contributed by atoms with Gasteiger partial charge in [-0.2, -0.15) is 18.3 Å². The van der Waals surface area contributed by atoms with Crippen molar-refractivity contribution >= 4 is 11.7 Å². The van der Waals surface area contributed by atoms with Crippen LogP contribution >= 0.6 is 0 Å². The smallest absolute Gasteiger partial charge is 0.354 e. The molecule has 3 heterocycles. The molecule has 1 fully saturated rings. The Kier molecular flexibility index (Phi) is 4.45. The summed E-state index contributed by atoms with van der Waals surface area (Å²) in [5.74, 6) is 0.712. The van der Waals surface area contributed by atoms with Crippen LogP contribution in [0.3, 0.4) is 0 Å². The molecule has 1 N–H and O–H groups in total. The molecule has 9 heteroatoms. The zero-order chi connectivity index (χ0) is 19.0. The van der Waals surface area contributed by atoms with E-state index in [-0.39, 0.29) is 11.5 Å². The molecule has 0 radical (unpaired) electrons. The van der Waals surface area contributed by atoms with Gasteiger partial charge in [-0.25, -0.2) is 0 Å². The molecule has 27 heavy (non-hydrogen) atoms. The number of carbonyl (C=O) groups is 1. The fourth-order valence-electron chi connectivity index (χ4n) is 3.39. The summed E-state index contributed by atoms with van der Waals surface area (Å²) in [5, 5.41) is 11.3. The normalized spacial score (nSPS) is 16.8. The third-order valence-corrected chi connectivity index (χ3v) is 4.96. The van der Waals surface area contributed by atoms with Crippen molar-refractivity contribution in [1.29, 1.82) is 0 Å². The van der Waals surface area contributed by atoms with Gasteiger partial charge >= 0.3 is 6.18 Å². The zero-order valence-electron chi connectivity index (χ0n) is 14.5. The summed E-state index contributed by atoms with van der Waals surface area (Å²) < 4.78 is 37.5. The molecule has 2 aromatic rings. The minimum atomic E-state index is -4.51. The molecule has 0 bridgehead atoms. The van der Waals surface area contributed by atoms with Gasteiger partial charge in [0.25, 0.3) is 5.91 Å². The number of alkyl halides is 3. The Morgan fingerprint density at radius 1 is 1.22 bits per heavy atom. The van der Waals surface area contributed by atoms with Gasteiger partial charge in [0.2, 0.25) is 0 Å². The number of aromatic nitrogens is 3. The topological polar surface area (TPSA) is 71.0 Å². The molecule has 0 unspecified atom stereocenters. The Morgan fingerprint density at radius 2 is 2.04 bits per heavy atom. The van der Waals surface area contributed by atoms with E-state index in [0.717, 1.165) is 62.2 Å². The van der Waals surface area contributed by atoms with Gasteiger partial charge in [0.1, 0.15) is 5.69 Å². The Balaban J connectivity index is 1.26. The fraction of sp³-hybridized carbons (Fsp3) is 0.444. The van der Waals surface area contributed by atoms with Crippen molar-refractivity contribution in [2.75, 3.05) is 24.5 Å². The third kappa shape index (κ3) is 3.72. The van der Waals surface area contributed by atoms with E-state index in [0.29, 0.717) is 6.54 Å². The predicted octanol–water partition coefficient (Wildman–Crippen LogP) is 2.25. The van der Waals surface area contributed by atoms with E-state index in [1.807, 2.05) is 0 Å². The number of rotatable bonds is 4. The molecule has 0 aromatic carbocycles. The first-order valence-corrected chi connectivity index (χ1v) is 8.82. The van der Waals surface area contributed by atoms with Crippen molar-refractivity contribution in [3.63, 3.8) is 0 Å². The summed E-state index contributed by atoms with van der Waals surface area (Å²) in [5.41, 5.74) is 1.47. The van der Waals surface area contributed by atoms with Gasteiger partial charge in [-0.3, -0.25) is 9.78 Å². The van der Waals surface area contributed by atoms with Crippen LogP contribution in [-0.4, -0.2) is 40.7 Å². The number of aryl methyl sites for hydroxylation is 2. The molecule has 0 saturated carbocycles. The minimum absolute atomic E-state index is 0.115. The third-order valence-electron chi connectivity index (χ3n) is 4.96. The maximum absolute atomic E-state index is 12.5. The summed E-state index contributed by atoms with van der Waals surface area (Å²) in [4.78, 5) is 17.5. The quantitative estimate of drug-likeness (QED) is 0.885. The Bertz CT molecular complexity index is 847. The number of anilines is 1. The van der Waals surface area contributed by atoms with Gasteiger partial charge < -0.3 is 10.2 Å². The average Bonchev–Trinajstić information content (AvgIpc) is 3.07. The molecule has 6 nitrogen and oxygen atoms in total. The lowest BCUT2D eigenvalue weighted by Gasteiger charge is -2.40. The Labute approximate surface area is 153 Å².